The Bertz CT molecular complexity index is 201. The highest BCUT2D eigenvalue weighted by molar-refractivity contribution is 7.72. The van der Waals surface area contributed by atoms with Crippen LogP contribution < -0.4 is 0 Å². The van der Waals surface area contributed by atoms with Crippen LogP contribution in [0.2, 0.25) is 0 Å². The molecule has 0 spiro atoms. The van der Waals surface area contributed by atoms with Gasteiger partial charge in [-0.2, -0.15) is 0 Å². The Morgan fingerprint density at radius 3 is 2.46 bits per heavy atom. The number of nitrogens with zero attached hydrogens (tertiary/aromatic N) is 1. The summed E-state index contributed by atoms with van der Waals surface area (Å²) in [6.45, 7) is 1.77. The SMILES string of the molecule is O=[SH](=O)CN1CCC([CH]CO)CC1. The number of likely N-dealkylation sites (tertiary alicyclic amines) is 1. The average molecular weight is 206 g/mol. The largest absolute Gasteiger partial charge is 0.396 e. The second-order valence-corrected chi connectivity index (χ2v) is 4.30. The van der Waals surface area contributed by atoms with Gasteiger partial charge in [0.05, 0.1) is 5.88 Å². The number of aliphatic hydroxyl groups is 1. The fraction of sp³-hybridized carbons (Fsp3) is 0.875. The molecule has 0 bridgehead atoms. The van der Waals surface area contributed by atoms with E-state index in [2.05, 4.69) is 0 Å². The lowest BCUT2D eigenvalue weighted by Gasteiger charge is -2.29. The molecule has 0 aromatic carbocycles. The minimum absolute atomic E-state index is 0.125. The third-order valence-corrected chi connectivity index (χ3v) is 3.02. The first kappa shape index (κ1) is 10.9. The number of aliphatic hydroxyl groups excluding tert-OH is 1. The number of thiol groups is 1. The van der Waals surface area contributed by atoms with E-state index in [-0.39, 0.29) is 12.5 Å². The molecular formula is C8H16NO3S. The van der Waals surface area contributed by atoms with Crippen molar-refractivity contribution < 1.29 is 13.5 Å². The van der Waals surface area contributed by atoms with Gasteiger partial charge < -0.3 is 5.11 Å². The Balaban J connectivity index is 2.22. The van der Waals surface area contributed by atoms with Crippen molar-refractivity contribution in [2.75, 3.05) is 25.6 Å². The van der Waals surface area contributed by atoms with Gasteiger partial charge in [0, 0.05) is 6.61 Å². The number of piperidine rings is 1. The number of hydrogen-bond donors (Lipinski definition) is 2. The van der Waals surface area contributed by atoms with Gasteiger partial charge in [-0.05, 0) is 38.3 Å². The van der Waals surface area contributed by atoms with Gasteiger partial charge in [0.1, 0.15) is 0 Å². The summed E-state index contributed by atoms with van der Waals surface area (Å²) in [6, 6.07) is 0. The summed E-state index contributed by atoms with van der Waals surface area (Å²) in [5.74, 6) is 0.645. The molecule has 1 N–H and O–H groups in total. The predicted molar refractivity (Wildman–Crippen MR) is 50.9 cm³/mol. The molecule has 1 aliphatic rings. The second-order valence-electron chi connectivity index (χ2n) is 3.35. The van der Waals surface area contributed by atoms with Gasteiger partial charge in [-0.15, -0.1) is 0 Å². The third kappa shape index (κ3) is 4.06. The molecule has 1 fully saturated rings. The molecule has 1 aliphatic heterocycles. The monoisotopic (exact) mass is 206 g/mol. The standard InChI is InChI=1S/C8H16NO3S/c10-6-3-8-1-4-9(5-2-8)7-13(11)12/h3,8,10,13H,1-2,4-7H2. The lowest BCUT2D eigenvalue weighted by atomic mass is 9.94. The first-order valence-corrected chi connectivity index (χ1v) is 5.87. The summed E-state index contributed by atoms with van der Waals surface area (Å²) in [6.07, 6.45) is 3.82. The lowest BCUT2D eigenvalue weighted by Crippen LogP contribution is -2.35. The van der Waals surface area contributed by atoms with Crippen LogP contribution in [0.5, 0.6) is 0 Å². The summed E-state index contributed by atoms with van der Waals surface area (Å²) in [5, 5.41) is 8.66. The summed E-state index contributed by atoms with van der Waals surface area (Å²) < 4.78 is 20.8. The van der Waals surface area contributed by atoms with Crippen molar-refractivity contribution in [3.05, 3.63) is 6.42 Å². The molecule has 4 nitrogen and oxygen atoms in total. The quantitative estimate of drug-likeness (QED) is 0.607. The molecule has 0 aromatic rings. The van der Waals surface area contributed by atoms with Crippen molar-refractivity contribution in [3.63, 3.8) is 0 Å². The maximum absolute atomic E-state index is 10.4. The molecule has 0 amide bonds. The maximum atomic E-state index is 10.4. The van der Waals surface area contributed by atoms with E-state index in [0.717, 1.165) is 25.9 Å². The van der Waals surface area contributed by atoms with E-state index < -0.39 is 10.7 Å². The van der Waals surface area contributed by atoms with E-state index in [1.807, 2.05) is 11.3 Å². The average Bonchev–Trinajstić information content (AvgIpc) is 2.08. The molecule has 0 aliphatic carbocycles. The first-order valence-electron chi connectivity index (χ1n) is 4.50. The molecule has 13 heavy (non-hydrogen) atoms. The van der Waals surface area contributed by atoms with Crippen LogP contribution >= 0.6 is 0 Å². The minimum Gasteiger partial charge on any atom is -0.396 e. The van der Waals surface area contributed by atoms with E-state index >= 15 is 0 Å². The van der Waals surface area contributed by atoms with Gasteiger partial charge in [0.25, 0.3) is 0 Å². The Hall–Kier alpha value is -0.130. The van der Waals surface area contributed by atoms with Gasteiger partial charge in [-0.25, -0.2) is 8.42 Å². The fourth-order valence-corrected chi connectivity index (χ4v) is 2.25. The van der Waals surface area contributed by atoms with Crippen molar-refractivity contribution in [1.29, 1.82) is 0 Å². The van der Waals surface area contributed by atoms with Crippen LogP contribution in [0, 0.1) is 12.3 Å². The molecule has 0 aromatic heterocycles. The minimum atomic E-state index is -2.28. The Labute approximate surface area is 80.5 Å². The smallest absolute Gasteiger partial charge is 0.153 e. The highest BCUT2D eigenvalue weighted by atomic mass is 32.2. The summed E-state index contributed by atoms with van der Waals surface area (Å²) >= 11 is 0. The van der Waals surface area contributed by atoms with Crippen molar-refractivity contribution in [1.82, 2.24) is 4.90 Å². The summed E-state index contributed by atoms with van der Waals surface area (Å²) in [5.41, 5.74) is 0. The highest BCUT2D eigenvalue weighted by Crippen LogP contribution is 2.18. The Morgan fingerprint density at radius 2 is 2.00 bits per heavy atom. The zero-order chi connectivity index (χ0) is 9.68. The molecule has 0 atom stereocenters. The predicted octanol–water partition coefficient (Wildman–Crippen LogP) is -0.536. The first-order chi connectivity index (χ1) is 6.22. The van der Waals surface area contributed by atoms with Gasteiger partial charge in [0.15, 0.2) is 10.7 Å². The highest BCUT2D eigenvalue weighted by Gasteiger charge is 2.18. The molecule has 1 saturated heterocycles. The molecule has 0 unspecified atom stereocenters. The van der Waals surface area contributed by atoms with Crippen molar-refractivity contribution in [3.8, 4) is 0 Å². The van der Waals surface area contributed by atoms with Gasteiger partial charge >= 0.3 is 0 Å². The fourth-order valence-electron chi connectivity index (χ4n) is 1.64. The maximum Gasteiger partial charge on any atom is 0.153 e. The topological polar surface area (TPSA) is 57.6 Å². The molecule has 1 radical (unpaired) electrons. The van der Waals surface area contributed by atoms with Crippen LogP contribution in [-0.2, 0) is 10.7 Å². The zero-order valence-electron chi connectivity index (χ0n) is 7.56. The van der Waals surface area contributed by atoms with Gasteiger partial charge in [-0.1, -0.05) is 0 Å². The summed E-state index contributed by atoms with van der Waals surface area (Å²) in [7, 11) is -2.28. The Morgan fingerprint density at radius 1 is 1.38 bits per heavy atom. The molecule has 1 rings (SSSR count). The third-order valence-electron chi connectivity index (χ3n) is 2.39. The zero-order valence-corrected chi connectivity index (χ0v) is 8.45. The normalized spacial score (nSPS) is 21.1. The molecule has 0 saturated carbocycles. The second kappa shape index (κ2) is 5.57. The Kier molecular flexibility index (Phi) is 4.69. The van der Waals surface area contributed by atoms with Crippen LogP contribution in [0.1, 0.15) is 12.8 Å². The lowest BCUT2D eigenvalue weighted by molar-refractivity contribution is 0.209. The van der Waals surface area contributed by atoms with Crippen LogP contribution in [0.3, 0.4) is 0 Å². The molecule has 77 valence electrons. The summed E-state index contributed by atoms with van der Waals surface area (Å²) in [4.78, 5) is 1.94. The van der Waals surface area contributed by atoms with Crippen LogP contribution in [-0.4, -0.2) is 44.0 Å². The molecule has 1 heterocycles. The number of rotatable bonds is 4. The van der Waals surface area contributed by atoms with Gasteiger partial charge in [0.2, 0.25) is 0 Å². The van der Waals surface area contributed by atoms with E-state index in [4.69, 9.17) is 5.11 Å². The van der Waals surface area contributed by atoms with E-state index in [1.165, 1.54) is 0 Å². The van der Waals surface area contributed by atoms with Crippen molar-refractivity contribution in [2.45, 2.75) is 12.8 Å². The van der Waals surface area contributed by atoms with E-state index in [1.54, 1.807) is 0 Å². The van der Waals surface area contributed by atoms with E-state index in [9.17, 15) is 8.42 Å². The van der Waals surface area contributed by atoms with Gasteiger partial charge in [-0.3, -0.25) is 4.90 Å². The van der Waals surface area contributed by atoms with Crippen LogP contribution in [0.25, 0.3) is 0 Å². The number of hydrogen-bond acceptors (Lipinski definition) is 4. The van der Waals surface area contributed by atoms with Crippen LogP contribution in [0.15, 0.2) is 0 Å². The molecular weight excluding hydrogens is 190 g/mol. The van der Waals surface area contributed by atoms with E-state index in [0.29, 0.717) is 5.92 Å². The van der Waals surface area contributed by atoms with Crippen molar-refractivity contribution >= 4 is 10.7 Å². The molecule has 5 heteroatoms. The van der Waals surface area contributed by atoms with Crippen molar-refractivity contribution in [2.24, 2.45) is 5.92 Å². The van der Waals surface area contributed by atoms with Crippen LogP contribution in [0.4, 0.5) is 0 Å².